The molecule has 0 aromatic carbocycles. The van der Waals surface area contributed by atoms with Gasteiger partial charge in [-0.1, -0.05) is 28.1 Å². The van der Waals surface area contributed by atoms with Gasteiger partial charge < -0.3 is 35.9 Å². The number of β-lactam (4-membered cyclic amide) rings is 1. The predicted molar refractivity (Wildman–Crippen MR) is 142 cm³/mol. The average molecular weight is 606 g/mol. The number of hydrogen-bond donors (Lipinski definition) is 4. The minimum absolute atomic E-state index is 0.00617. The Balaban J connectivity index is 1.38. The maximum Gasteiger partial charge on any atom is 0.347 e. The molecule has 3 aromatic heterocycles. The molecule has 2 aliphatic rings. The van der Waals surface area contributed by atoms with Crippen LogP contribution in [0.3, 0.4) is 0 Å². The third kappa shape index (κ3) is 4.96. The van der Waals surface area contributed by atoms with Crippen LogP contribution >= 0.6 is 34.7 Å². The second-order valence-corrected chi connectivity index (χ2v) is 11.5. The molecule has 208 valence electrons. The molecule has 3 aromatic rings. The van der Waals surface area contributed by atoms with Crippen molar-refractivity contribution in [1.82, 2.24) is 20.2 Å². The number of rotatable bonds is 9. The Kier molecular flexibility index (Phi) is 7.39. The highest BCUT2D eigenvalue weighted by Crippen LogP contribution is 2.40. The normalized spacial score (nSPS) is 19.7. The molecule has 2 aliphatic heterocycles. The number of nitrogen functional groups attached to an aromatic ring is 1. The first kappa shape index (κ1) is 27.4. The number of carbonyl (C=O) groups excluding carboxylic acids is 3. The number of aromatic nitrogens is 3. The van der Waals surface area contributed by atoms with Crippen LogP contribution in [0.1, 0.15) is 12.6 Å². The van der Waals surface area contributed by atoms with Crippen LogP contribution in [0.25, 0.3) is 11.0 Å². The fourth-order valence-electron chi connectivity index (χ4n) is 4.26. The van der Waals surface area contributed by atoms with E-state index < -0.39 is 47.0 Å². The van der Waals surface area contributed by atoms with Crippen LogP contribution < -0.4 is 20.7 Å². The molecule has 5 heterocycles. The Labute approximate surface area is 238 Å². The molecule has 0 saturated carbocycles. The van der Waals surface area contributed by atoms with Gasteiger partial charge in [-0.2, -0.15) is 4.57 Å². The number of aliphatic carboxylic acids is 2. The SMILES string of the molecule is C[C@H](O/N=C(\C(=O)NC1C(=O)N2C(C(=O)[O-])=C(C[n+]3cccc4[nH]ccc43)CSC12)c1nc(N)sc1Cl)C(=O)O. The van der Waals surface area contributed by atoms with Gasteiger partial charge in [-0.3, -0.25) is 14.5 Å². The number of pyridine rings is 1. The summed E-state index contributed by atoms with van der Waals surface area (Å²) in [4.78, 5) is 62.7. The van der Waals surface area contributed by atoms with Gasteiger partial charge in [0.25, 0.3) is 11.8 Å². The number of halogens is 1. The van der Waals surface area contributed by atoms with E-state index in [2.05, 4.69) is 20.4 Å². The van der Waals surface area contributed by atoms with Crippen molar-refractivity contribution in [3.63, 3.8) is 0 Å². The number of carboxylic acid groups (broad SMARTS) is 2. The number of aromatic amines is 1. The summed E-state index contributed by atoms with van der Waals surface area (Å²) in [5, 5.41) is 26.7. The second kappa shape index (κ2) is 10.8. The topological polar surface area (TPSA) is 207 Å². The van der Waals surface area contributed by atoms with Gasteiger partial charge in [0.1, 0.15) is 27.0 Å². The quantitative estimate of drug-likeness (QED) is 0.106. The van der Waals surface area contributed by atoms with Crippen LogP contribution in [0.5, 0.6) is 0 Å². The van der Waals surface area contributed by atoms with Gasteiger partial charge in [0.05, 0.1) is 11.7 Å². The molecular weight excluding hydrogens is 586 g/mol. The Morgan fingerprint density at radius 1 is 1.45 bits per heavy atom. The summed E-state index contributed by atoms with van der Waals surface area (Å²) in [6, 6.07) is 4.44. The molecule has 3 atom stereocenters. The Morgan fingerprint density at radius 3 is 2.90 bits per heavy atom. The van der Waals surface area contributed by atoms with Crippen LogP contribution in [-0.2, 0) is 30.6 Å². The molecule has 14 nitrogen and oxygen atoms in total. The summed E-state index contributed by atoms with van der Waals surface area (Å²) < 4.78 is 1.85. The number of nitrogens with zero attached hydrogens (tertiary/aromatic N) is 4. The Bertz CT molecular complexity index is 1620. The summed E-state index contributed by atoms with van der Waals surface area (Å²) in [6.07, 6.45) is 2.17. The van der Waals surface area contributed by atoms with Crippen molar-refractivity contribution >= 4 is 80.3 Å². The van der Waals surface area contributed by atoms with Gasteiger partial charge in [-0.05, 0) is 13.0 Å². The lowest BCUT2D eigenvalue weighted by Crippen LogP contribution is -2.71. The summed E-state index contributed by atoms with van der Waals surface area (Å²) in [5.74, 6) is -4.20. The number of hydrogen-bond acceptors (Lipinski definition) is 11. The zero-order valence-corrected chi connectivity index (χ0v) is 22.9. The fraction of sp³-hybridized carbons (Fsp3) is 0.261. The molecule has 0 bridgehead atoms. The lowest BCUT2D eigenvalue weighted by molar-refractivity contribution is -0.663. The summed E-state index contributed by atoms with van der Waals surface area (Å²) in [5.41, 5.74) is 6.96. The van der Waals surface area contributed by atoms with Crippen LogP contribution in [0.15, 0.2) is 47.0 Å². The van der Waals surface area contributed by atoms with Crippen molar-refractivity contribution in [3.8, 4) is 0 Å². The van der Waals surface area contributed by atoms with E-state index in [4.69, 9.17) is 27.3 Å². The first-order valence-corrected chi connectivity index (χ1v) is 13.8. The highest BCUT2D eigenvalue weighted by Gasteiger charge is 2.53. The molecule has 5 rings (SSSR count). The van der Waals surface area contributed by atoms with Crippen LogP contribution in [-0.4, -0.2) is 72.7 Å². The van der Waals surface area contributed by atoms with E-state index in [9.17, 15) is 24.3 Å². The van der Waals surface area contributed by atoms with Gasteiger partial charge in [-0.25, -0.2) is 9.78 Å². The predicted octanol–water partition coefficient (Wildman–Crippen LogP) is -0.555. The Morgan fingerprint density at radius 2 is 2.23 bits per heavy atom. The molecule has 17 heteroatoms. The van der Waals surface area contributed by atoms with Gasteiger partial charge in [0, 0.05) is 29.7 Å². The molecule has 1 fully saturated rings. The summed E-state index contributed by atoms with van der Waals surface area (Å²) in [6.45, 7) is 1.41. The van der Waals surface area contributed by atoms with E-state index in [-0.39, 0.29) is 33.2 Å². The van der Waals surface area contributed by atoms with Crippen molar-refractivity contribution in [2.45, 2.75) is 31.0 Å². The number of fused-ring (bicyclic) bond motifs is 2. The standard InChI is InChI=1S/C23H20ClN7O7S2/c1-9(21(34)35)38-29-14(13-17(24)40-23(25)28-13)18(32)27-15-19(33)31-16(22(36)37)10(8-39-20(15)31)7-30-6-2-3-11-12(30)4-5-26-11/h2-6,9,15,20H,7-8H2,1H3,(H5,25,27,28,32,34,35,36,37)/b29-14-/t9-,15?,20?/m0/s1. The maximum absolute atomic E-state index is 13.2. The van der Waals surface area contributed by atoms with Crippen LogP contribution in [0, 0.1) is 0 Å². The number of thioether (sulfide) groups is 1. The number of thiazole rings is 1. The van der Waals surface area contributed by atoms with Gasteiger partial charge >= 0.3 is 5.97 Å². The molecule has 2 unspecified atom stereocenters. The third-order valence-electron chi connectivity index (χ3n) is 6.17. The molecule has 0 spiro atoms. The van der Waals surface area contributed by atoms with Crippen LogP contribution in [0.2, 0.25) is 4.34 Å². The minimum atomic E-state index is -1.51. The van der Waals surface area contributed by atoms with E-state index in [0.717, 1.165) is 27.3 Å². The number of H-pyrrole nitrogens is 1. The Hall–Kier alpha value is -4.15. The van der Waals surface area contributed by atoms with Gasteiger partial charge in [0.2, 0.25) is 11.6 Å². The number of carbonyl (C=O) groups is 4. The molecular formula is C23H20ClN7O7S2. The van der Waals surface area contributed by atoms with E-state index in [1.165, 1.54) is 18.7 Å². The van der Waals surface area contributed by atoms with E-state index >= 15 is 0 Å². The number of nitrogens with two attached hydrogens (primary N) is 1. The third-order valence-corrected chi connectivity index (χ3v) is 8.60. The molecule has 0 aliphatic carbocycles. The van der Waals surface area contributed by atoms with E-state index in [1.807, 2.05) is 22.8 Å². The zero-order chi connectivity index (χ0) is 28.7. The molecule has 5 N–H and O–H groups in total. The molecule has 1 saturated heterocycles. The summed E-state index contributed by atoms with van der Waals surface area (Å²) in [7, 11) is 0. The average Bonchev–Trinajstić information content (AvgIpc) is 3.53. The molecule has 2 amide bonds. The van der Waals surface area contributed by atoms with Crippen molar-refractivity contribution < 1.29 is 38.8 Å². The largest absolute Gasteiger partial charge is 0.543 e. The first-order valence-electron chi connectivity index (χ1n) is 11.6. The minimum Gasteiger partial charge on any atom is -0.543 e. The monoisotopic (exact) mass is 605 g/mol. The summed E-state index contributed by atoms with van der Waals surface area (Å²) >= 11 is 8.26. The number of carboxylic acids is 2. The van der Waals surface area contributed by atoms with E-state index in [0.29, 0.717) is 5.57 Å². The number of amides is 2. The molecule has 0 radical (unpaired) electrons. The van der Waals surface area contributed by atoms with Crippen molar-refractivity contribution in [2.24, 2.45) is 5.16 Å². The number of anilines is 1. The van der Waals surface area contributed by atoms with Crippen molar-refractivity contribution in [2.75, 3.05) is 11.5 Å². The zero-order valence-electron chi connectivity index (χ0n) is 20.5. The highest BCUT2D eigenvalue weighted by molar-refractivity contribution is 8.00. The van der Waals surface area contributed by atoms with Gasteiger partial charge in [-0.15, -0.1) is 11.8 Å². The van der Waals surface area contributed by atoms with Crippen molar-refractivity contribution in [1.29, 1.82) is 0 Å². The van der Waals surface area contributed by atoms with Gasteiger partial charge in [0.15, 0.2) is 23.6 Å². The highest BCUT2D eigenvalue weighted by atomic mass is 35.5. The van der Waals surface area contributed by atoms with E-state index in [1.54, 1.807) is 12.4 Å². The van der Waals surface area contributed by atoms with Crippen molar-refractivity contribution in [3.05, 3.63) is 51.9 Å². The van der Waals surface area contributed by atoms with Crippen LogP contribution in [0.4, 0.5) is 5.13 Å². The molecule has 40 heavy (non-hydrogen) atoms. The first-order chi connectivity index (χ1) is 19.1. The number of nitrogens with one attached hydrogen (secondary N) is 2. The smallest absolute Gasteiger partial charge is 0.347 e. The maximum atomic E-state index is 13.2. The lowest BCUT2D eigenvalue weighted by atomic mass is 10.0. The lowest BCUT2D eigenvalue weighted by Gasteiger charge is -2.50. The second-order valence-electron chi connectivity index (χ2n) is 8.71. The fourth-order valence-corrected chi connectivity index (χ4v) is 6.52. The number of oxime groups is 1.